The number of rotatable bonds is 7. The smallest absolute Gasteiger partial charge is 0.221 e. The summed E-state index contributed by atoms with van der Waals surface area (Å²) >= 11 is 0. The number of anilines is 2. The molecule has 0 aromatic carbocycles. The normalized spacial score (nSPS) is 12.2. The van der Waals surface area contributed by atoms with Gasteiger partial charge in [-0.25, -0.2) is 9.97 Å². The molecule has 0 spiro atoms. The van der Waals surface area contributed by atoms with Crippen LogP contribution in [0.4, 0.5) is 11.6 Å². The maximum Gasteiger partial charge on any atom is 0.221 e. The number of nitrogens with zero attached hydrogens (tertiary/aromatic N) is 2. The van der Waals surface area contributed by atoms with Crippen LogP contribution in [0.15, 0.2) is 6.07 Å². The van der Waals surface area contributed by atoms with Crippen LogP contribution in [-0.2, 0) is 4.79 Å². The minimum absolute atomic E-state index is 0.0398. The van der Waals surface area contributed by atoms with Crippen LogP contribution in [0.5, 0.6) is 0 Å². The molecule has 6 heteroatoms. The standard InChI is InChI=1S/C14H25N5O/c1-5-10(4)17-13(20)6-7-16-12-8-11(15)18-14(19-12)9(2)3/h8-10H,5-7H2,1-4H3,(H,17,20)(H3,15,16,18,19). The zero-order valence-electron chi connectivity index (χ0n) is 12.7. The Balaban J connectivity index is 2.48. The Morgan fingerprint density at radius 1 is 1.35 bits per heavy atom. The molecule has 0 fully saturated rings. The van der Waals surface area contributed by atoms with E-state index in [0.717, 1.165) is 6.42 Å². The van der Waals surface area contributed by atoms with Crippen molar-refractivity contribution in [1.82, 2.24) is 15.3 Å². The van der Waals surface area contributed by atoms with Gasteiger partial charge >= 0.3 is 0 Å². The fraction of sp³-hybridized carbons (Fsp3) is 0.643. The summed E-state index contributed by atoms with van der Waals surface area (Å²) in [6.07, 6.45) is 1.34. The average Bonchev–Trinajstić information content (AvgIpc) is 2.37. The van der Waals surface area contributed by atoms with Gasteiger partial charge in [-0.2, -0.15) is 0 Å². The minimum atomic E-state index is 0.0398. The molecule has 1 amide bonds. The molecule has 4 N–H and O–H groups in total. The minimum Gasteiger partial charge on any atom is -0.384 e. The van der Waals surface area contributed by atoms with E-state index in [4.69, 9.17) is 5.73 Å². The predicted octanol–water partition coefficient (Wildman–Crippen LogP) is 1.90. The molecule has 0 aliphatic rings. The van der Waals surface area contributed by atoms with Gasteiger partial charge in [0, 0.05) is 31.0 Å². The van der Waals surface area contributed by atoms with Gasteiger partial charge in [0.25, 0.3) is 0 Å². The number of carbonyl (C=O) groups is 1. The molecule has 1 aromatic rings. The van der Waals surface area contributed by atoms with Crippen molar-refractivity contribution >= 4 is 17.5 Å². The number of nitrogens with two attached hydrogens (primary N) is 1. The molecule has 0 bridgehead atoms. The summed E-state index contributed by atoms with van der Waals surface area (Å²) < 4.78 is 0. The molecular formula is C14H25N5O. The Morgan fingerprint density at radius 2 is 2.05 bits per heavy atom. The molecule has 1 aromatic heterocycles. The highest BCUT2D eigenvalue weighted by Crippen LogP contribution is 2.14. The van der Waals surface area contributed by atoms with Crippen LogP contribution in [0.3, 0.4) is 0 Å². The molecular weight excluding hydrogens is 254 g/mol. The van der Waals surface area contributed by atoms with Crippen LogP contribution in [0.2, 0.25) is 0 Å². The average molecular weight is 279 g/mol. The highest BCUT2D eigenvalue weighted by Gasteiger charge is 2.08. The SMILES string of the molecule is CCC(C)NC(=O)CCNc1cc(N)nc(C(C)C)n1. The third kappa shape index (κ3) is 5.42. The van der Waals surface area contributed by atoms with Gasteiger partial charge in [0.05, 0.1) is 0 Å². The molecule has 0 radical (unpaired) electrons. The second-order valence-electron chi connectivity index (χ2n) is 5.24. The molecule has 1 atom stereocenters. The van der Waals surface area contributed by atoms with E-state index < -0.39 is 0 Å². The van der Waals surface area contributed by atoms with Crippen molar-refractivity contribution < 1.29 is 4.79 Å². The van der Waals surface area contributed by atoms with Gasteiger partial charge in [-0.1, -0.05) is 20.8 Å². The number of amides is 1. The van der Waals surface area contributed by atoms with E-state index in [1.54, 1.807) is 6.07 Å². The molecule has 1 unspecified atom stereocenters. The molecule has 112 valence electrons. The first kappa shape index (κ1) is 16.2. The van der Waals surface area contributed by atoms with E-state index in [0.29, 0.717) is 30.4 Å². The Morgan fingerprint density at radius 3 is 2.65 bits per heavy atom. The molecule has 0 aliphatic carbocycles. The van der Waals surface area contributed by atoms with E-state index in [9.17, 15) is 4.79 Å². The quantitative estimate of drug-likeness (QED) is 0.709. The first-order valence-corrected chi connectivity index (χ1v) is 7.10. The second kappa shape index (κ2) is 7.67. The summed E-state index contributed by atoms with van der Waals surface area (Å²) in [5.41, 5.74) is 5.74. The fourth-order valence-corrected chi connectivity index (χ4v) is 1.59. The van der Waals surface area contributed by atoms with Gasteiger partial charge in [0.2, 0.25) is 5.91 Å². The lowest BCUT2D eigenvalue weighted by molar-refractivity contribution is -0.121. The van der Waals surface area contributed by atoms with Crippen molar-refractivity contribution in [3.05, 3.63) is 11.9 Å². The molecule has 0 saturated carbocycles. The molecule has 0 aliphatic heterocycles. The van der Waals surface area contributed by atoms with Crippen molar-refractivity contribution in [1.29, 1.82) is 0 Å². The fourth-order valence-electron chi connectivity index (χ4n) is 1.59. The van der Waals surface area contributed by atoms with Gasteiger partial charge in [0.1, 0.15) is 17.5 Å². The Hall–Kier alpha value is -1.85. The van der Waals surface area contributed by atoms with E-state index >= 15 is 0 Å². The molecule has 6 nitrogen and oxygen atoms in total. The lowest BCUT2D eigenvalue weighted by Crippen LogP contribution is -2.33. The zero-order chi connectivity index (χ0) is 15.1. The monoisotopic (exact) mass is 279 g/mol. The van der Waals surface area contributed by atoms with E-state index in [1.165, 1.54) is 0 Å². The van der Waals surface area contributed by atoms with Crippen molar-refractivity contribution in [2.45, 2.75) is 52.5 Å². The summed E-state index contributed by atoms with van der Waals surface area (Å²) in [7, 11) is 0. The maximum atomic E-state index is 11.6. The Kier molecular flexibility index (Phi) is 6.21. The van der Waals surface area contributed by atoms with Crippen molar-refractivity contribution in [2.24, 2.45) is 0 Å². The van der Waals surface area contributed by atoms with Crippen molar-refractivity contribution in [3.8, 4) is 0 Å². The highest BCUT2D eigenvalue weighted by molar-refractivity contribution is 5.76. The molecule has 0 saturated heterocycles. The maximum absolute atomic E-state index is 11.6. The van der Waals surface area contributed by atoms with Gasteiger partial charge < -0.3 is 16.4 Å². The van der Waals surface area contributed by atoms with Crippen molar-refractivity contribution in [3.63, 3.8) is 0 Å². The second-order valence-corrected chi connectivity index (χ2v) is 5.24. The summed E-state index contributed by atoms with van der Waals surface area (Å²) in [5, 5.41) is 6.03. The zero-order valence-corrected chi connectivity index (χ0v) is 12.7. The van der Waals surface area contributed by atoms with Crippen LogP contribution < -0.4 is 16.4 Å². The lowest BCUT2D eigenvalue weighted by atomic mass is 10.2. The number of hydrogen-bond acceptors (Lipinski definition) is 5. The van der Waals surface area contributed by atoms with Crippen LogP contribution in [0.1, 0.15) is 52.3 Å². The Labute approximate surface area is 120 Å². The summed E-state index contributed by atoms with van der Waals surface area (Å²) in [5.74, 6) is 2.06. The number of nitrogens with one attached hydrogen (secondary N) is 2. The largest absolute Gasteiger partial charge is 0.384 e. The van der Waals surface area contributed by atoms with Gasteiger partial charge in [-0.3, -0.25) is 4.79 Å². The van der Waals surface area contributed by atoms with Crippen LogP contribution in [0.25, 0.3) is 0 Å². The van der Waals surface area contributed by atoms with Crippen LogP contribution in [-0.4, -0.2) is 28.5 Å². The van der Waals surface area contributed by atoms with Gasteiger partial charge in [-0.05, 0) is 13.3 Å². The van der Waals surface area contributed by atoms with Crippen LogP contribution in [0, 0.1) is 0 Å². The third-order valence-corrected chi connectivity index (χ3v) is 2.96. The number of hydrogen-bond donors (Lipinski definition) is 3. The molecule has 20 heavy (non-hydrogen) atoms. The van der Waals surface area contributed by atoms with E-state index in [2.05, 4.69) is 20.6 Å². The summed E-state index contributed by atoms with van der Waals surface area (Å²) in [6, 6.07) is 1.89. The highest BCUT2D eigenvalue weighted by atomic mass is 16.1. The summed E-state index contributed by atoms with van der Waals surface area (Å²) in [6.45, 7) is 8.58. The van der Waals surface area contributed by atoms with E-state index in [1.807, 2.05) is 27.7 Å². The molecule has 1 rings (SSSR count). The van der Waals surface area contributed by atoms with Gasteiger partial charge in [-0.15, -0.1) is 0 Å². The number of aromatic nitrogens is 2. The number of carbonyl (C=O) groups excluding carboxylic acids is 1. The first-order valence-electron chi connectivity index (χ1n) is 7.10. The summed E-state index contributed by atoms with van der Waals surface area (Å²) in [4.78, 5) is 20.2. The van der Waals surface area contributed by atoms with E-state index in [-0.39, 0.29) is 17.9 Å². The first-order chi connectivity index (χ1) is 9.42. The topological polar surface area (TPSA) is 92.9 Å². The van der Waals surface area contributed by atoms with Crippen LogP contribution >= 0.6 is 0 Å². The lowest BCUT2D eigenvalue weighted by Gasteiger charge is -2.12. The number of nitrogen functional groups attached to an aromatic ring is 1. The van der Waals surface area contributed by atoms with Gasteiger partial charge in [0.15, 0.2) is 0 Å². The Bertz CT molecular complexity index is 447. The molecule has 1 heterocycles. The predicted molar refractivity (Wildman–Crippen MR) is 81.5 cm³/mol. The third-order valence-electron chi connectivity index (χ3n) is 2.96. The van der Waals surface area contributed by atoms with Crippen molar-refractivity contribution in [2.75, 3.05) is 17.6 Å².